The second-order valence-electron chi connectivity index (χ2n) is 6.10. The van der Waals surface area contributed by atoms with Crippen LogP contribution in [0.4, 0.5) is 35.4 Å². The van der Waals surface area contributed by atoms with Gasteiger partial charge in [0.05, 0.1) is 0 Å². The summed E-state index contributed by atoms with van der Waals surface area (Å²) in [6, 6.07) is 5.88. The summed E-state index contributed by atoms with van der Waals surface area (Å²) in [6.07, 6.45) is -4.77. The van der Waals surface area contributed by atoms with E-state index in [1.807, 2.05) is 19.0 Å². The lowest BCUT2D eigenvalue weighted by atomic mass is 10.3. The van der Waals surface area contributed by atoms with Crippen molar-refractivity contribution in [1.82, 2.24) is 14.9 Å². The molecule has 0 fully saturated rings. The van der Waals surface area contributed by atoms with Gasteiger partial charge in [-0.15, -0.1) is 13.2 Å². The number of nitrogens with zero attached hydrogens (tertiary/aromatic N) is 3. The van der Waals surface area contributed by atoms with Crippen LogP contribution < -0.4 is 20.7 Å². The summed E-state index contributed by atoms with van der Waals surface area (Å²) in [5.74, 6) is 0.286. The van der Waals surface area contributed by atoms with Crippen molar-refractivity contribution < 1.29 is 27.0 Å². The van der Waals surface area contributed by atoms with Crippen LogP contribution in [0.3, 0.4) is 0 Å². The lowest BCUT2D eigenvalue weighted by molar-refractivity contribution is -0.274. The lowest BCUT2D eigenvalue weighted by Crippen LogP contribution is -2.23. The molecular formula is C17H27F3N6O2. The van der Waals surface area contributed by atoms with Gasteiger partial charge in [-0.1, -0.05) is 0 Å². The van der Waals surface area contributed by atoms with Crippen molar-refractivity contribution in [3.8, 4) is 5.75 Å². The van der Waals surface area contributed by atoms with Gasteiger partial charge in [0.15, 0.2) is 0 Å². The number of halogens is 3. The number of benzene rings is 1. The zero-order valence-corrected chi connectivity index (χ0v) is 15.6. The normalized spacial score (nSPS) is 11.2. The molecule has 0 saturated carbocycles. The average Bonchev–Trinajstić information content (AvgIpc) is 2.54. The number of ether oxygens (including phenoxy) is 1. The van der Waals surface area contributed by atoms with Crippen molar-refractivity contribution in [1.29, 1.82) is 0 Å². The molecule has 0 atom stereocenters. The highest BCUT2D eigenvalue weighted by molar-refractivity contribution is 5.98. The first kappa shape index (κ1) is 21.2. The number of rotatable bonds is 7. The van der Waals surface area contributed by atoms with Gasteiger partial charge in [0.2, 0.25) is 5.95 Å². The monoisotopic (exact) mass is 404 g/mol. The van der Waals surface area contributed by atoms with E-state index in [1.54, 1.807) is 13.0 Å². The molecule has 1 aromatic carbocycles. The molecule has 0 radical (unpaired) electrons. The molecule has 11 heteroatoms. The van der Waals surface area contributed by atoms with E-state index < -0.39 is 12.4 Å². The van der Waals surface area contributed by atoms with Crippen LogP contribution in [0.2, 0.25) is 0 Å². The standard InChI is InChI=1S/C17H21F3N6O2.3H2/c1-11-10-14(21-8-9-26(2)3)24-15(22-11)25-16(27)23-12-4-6-13(7-5-12)28-17(18,19)20;;;/h4-7,10H,8-9H2,1-3H3,(H3,21,22,23,24,25,27);3*1H. The zero-order valence-electron chi connectivity index (χ0n) is 15.6. The smallest absolute Gasteiger partial charge is 0.406 e. The second kappa shape index (κ2) is 9.22. The minimum absolute atomic E-state index is 0. The number of aryl methyl sites for hydroxylation is 1. The number of carbonyl (C=O) groups is 1. The number of amides is 2. The molecule has 3 N–H and O–H groups in total. The van der Waals surface area contributed by atoms with Crippen molar-refractivity contribution in [3.05, 3.63) is 36.0 Å². The van der Waals surface area contributed by atoms with E-state index in [9.17, 15) is 18.0 Å². The third kappa shape index (κ3) is 7.66. The Morgan fingerprint density at radius 2 is 1.86 bits per heavy atom. The summed E-state index contributed by atoms with van der Waals surface area (Å²) in [6.45, 7) is 3.24. The fourth-order valence-corrected chi connectivity index (χ4v) is 2.13. The number of anilines is 3. The minimum atomic E-state index is -4.77. The summed E-state index contributed by atoms with van der Waals surface area (Å²) >= 11 is 0. The Bertz CT molecular complexity index is 811. The van der Waals surface area contributed by atoms with Crippen LogP contribution in [0, 0.1) is 6.92 Å². The third-order valence-corrected chi connectivity index (χ3v) is 3.29. The fourth-order valence-electron chi connectivity index (χ4n) is 2.13. The van der Waals surface area contributed by atoms with Crippen molar-refractivity contribution in [2.45, 2.75) is 13.3 Å². The van der Waals surface area contributed by atoms with E-state index >= 15 is 0 Å². The molecule has 1 heterocycles. The van der Waals surface area contributed by atoms with E-state index in [4.69, 9.17) is 0 Å². The summed E-state index contributed by atoms with van der Waals surface area (Å²) in [7, 11) is 3.90. The molecule has 0 saturated heterocycles. The largest absolute Gasteiger partial charge is 0.573 e. The lowest BCUT2D eigenvalue weighted by Gasteiger charge is -2.12. The molecule has 2 aromatic rings. The van der Waals surface area contributed by atoms with Gasteiger partial charge in [-0.2, -0.15) is 4.98 Å². The van der Waals surface area contributed by atoms with E-state index in [-0.39, 0.29) is 21.7 Å². The van der Waals surface area contributed by atoms with Crippen LogP contribution in [0.1, 0.15) is 9.97 Å². The molecule has 0 unspecified atom stereocenters. The van der Waals surface area contributed by atoms with Crippen LogP contribution in [-0.2, 0) is 0 Å². The Balaban J connectivity index is 0. The highest BCUT2D eigenvalue weighted by atomic mass is 19.4. The third-order valence-electron chi connectivity index (χ3n) is 3.29. The SMILES string of the molecule is Cc1cc(NCCN(C)C)nc(NC(=O)Nc2ccc(OC(F)(F)F)cc2)n1.[HH].[HH].[HH]. The van der Waals surface area contributed by atoms with E-state index in [0.29, 0.717) is 18.1 Å². The van der Waals surface area contributed by atoms with Gasteiger partial charge in [-0.25, -0.2) is 9.78 Å². The number of urea groups is 1. The highest BCUT2D eigenvalue weighted by Crippen LogP contribution is 2.24. The van der Waals surface area contributed by atoms with Gasteiger partial charge in [-0.05, 0) is 45.3 Å². The topological polar surface area (TPSA) is 91.4 Å². The quantitative estimate of drug-likeness (QED) is 0.645. The maximum absolute atomic E-state index is 12.2. The maximum atomic E-state index is 12.2. The average molecular weight is 404 g/mol. The predicted octanol–water partition coefficient (Wildman–Crippen LogP) is 4.04. The van der Waals surface area contributed by atoms with Crippen molar-refractivity contribution >= 4 is 23.5 Å². The number of hydrogen-bond acceptors (Lipinski definition) is 6. The van der Waals surface area contributed by atoms with E-state index in [1.165, 1.54) is 12.1 Å². The summed E-state index contributed by atoms with van der Waals surface area (Å²) in [5, 5.41) is 8.11. The Hall–Kier alpha value is -3.08. The molecule has 0 spiro atoms. The molecule has 2 amide bonds. The second-order valence-corrected chi connectivity index (χ2v) is 6.10. The van der Waals surface area contributed by atoms with Crippen LogP contribution in [-0.4, -0.2) is 54.4 Å². The number of hydrogen-bond donors (Lipinski definition) is 3. The van der Waals surface area contributed by atoms with Crippen LogP contribution in [0.25, 0.3) is 0 Å². The first-order valence-electron chi connectivity index (χ1n) is 8.29. The number of aromatic nitrogens is 2. The molecule has 0 aliphatic heterocycles. The Morgan fingerprint density at radius 3 is 2.46 bits per heavy atom. The van der Waals surface area contributed by atoms with Gasteiger partial charge in [0.1, 0.15) is 11.6 Å². The number of likely N-dealkylation sites (N-methyl/N-ethyl adjacent to an activating group) is 1. The Labute approximate surface area is 164 Å². The first-order valence-corrected chi connectivity index (χ1v) is 8.29. The van der Waals surface area contributed by atoms with Crippen molar-refractivity contribution in [2.24, 2.45) is 0 Å². The van der Waals surface area contributed by atoms with E-state index in [0.717, 1.165) is 18.7 Å². The molecule has 1 aromatic heterocycles. The predicted molar refractivity (Wildman–Crippen MR) is 106 cm³/mol. The highest BCUT2D eigenvalue weighted by Gasteiger charge is 2.30. The Morgan fingerprint density at radius 1 is 1.18 bits per heavy atom. The van der Waals surface area contributed by atoms with Crippen LogP contribution in [0.15, 0.2) is 30.3 Å². The number of nitrogens with one attached hydrogen (secondary N) is 3. The van der Waals surface area contributed by atoms with Crippen molar-refractivity contribution in [3.63, 3.8) is 0 Å². The van der Waals surface area contributed by atoms with Gasteiger partial charge in [0.25, 0.3) is 0 Å². The Kier molecular flexibility index (Phi) is 6.99. The molecule has 0 bridgehead atoms. The summed E-state index contributed by atoms with van der Waals surface area (Å²) < 4.78 is 40.2. The van der Waals surface area contributed by atoms with E-state index in [2.05, 4.69) is 30.7 Å². The number of alkyl halides is 3. The minimum Gasteiger partial charge on any atom is -0.406 e. The molecule has 158 valence electrons. The maximum Gasteiger partial charge on any atom is 0.573 e. The molecule has 28 heavy (non-hydrogen) atoms. The van der Waals surface area contributed by atoms with Gasteiger partial charge < -0.3 is 20.3 Å². The van der Waals surface area contributed by atoms with Gasteiger partial charge in [-0.3, -0.25) is 5.32 Å². The van der Waals surface area contributed by atoms with Gasteiger partial charge in [0, 0.05) is 34.8 Å². The molecular weight excluding hydrogens is 377 g/mol. The fraction of sp³-hybridized carbons (Fsp3) is 0.353. The molecule has 8 nitrogen and oxygen atoms in total. The zero-order chi connectivity index (χ0) is 20.7. The molecule has 2 rings (SSSR count). The van der Waals surface area contributed by atoms with Crippen LogP contribution >= 0.6 is 0 Å². The van der Waals surface area contributed by atoms with Crippen LogP contribution in [0.5, 0.6) is 5.75 Å². The summed E-state index contributed by atoms with van der Waals surface area (Å²) in [5.41, 5.74) is 0.940. The number of carbonyl (C=O) groups excluding carboxylic acids is 1. The molecule has 0 aliphatic rings. The summed E-state index contributed by atoms with van der Waals surface area (Å²) in [4.78, 5) is 22.4. The van der Waals surface area contributed by atoms with Gasteiger partial charge >= 0.3 is 12.4 Å². The first-order chi connectivity index (χ1) is 13.1. The molecule has 0 aliphatic carbocycles. The van der Waals surface area contributed by atoms with Crippen molar-refractivity contribution in [2.75, 3.05) is 43.1 Å².